The Bertz CT molecular complexity index is 701. The highest BCUT2D eigenvalue weighted by Gasteiger charge is 2.26. The van der Waals surface area contributed by atoms with Gasteiger partial charge in [0.1, 0.15) is 0 Å². The molecule has 1 saturated heterocycles. The molecule has 26 heavy (non-hydrogen) atoms. The molecule has 1 aromatic heterocycles. The summed E-state index contributed by atoms with van der Waals surface area (Å²) in [7, 11) is 0. The molecule has 0 bridgehead atoms. The Morgan fingerprint density at radius 2 is 2.23 bits per heavy atom. The lowest BCUT2D eigenvalue weighted by Crippen LogP contribution is -2.39. The molecule has 0 spiro atoms. The molecule has 6 heteroatoms. The predicted octanol–water partition coefficient (Wildman–Crippen LogP) is 3.00. The van der Waals surface area contributed by atoms with Crippen molar-refractivity contribution in [2.45, 2.75) is 44.6 Å². The number of nitrogens with one attached hydrogen (secondary N) is 2. The highest BCUT2D eigenvalue weighted by Crippen LogP contribution is 2.30. The maximum Gasteiger partial charge on any atom is 0.255 e. The molecule has 2 atom stereocenters. The number of aliphatic hydroxyl groups is 1. The van der Waals surface area contributed by atoms with Crippen LogP contribution in [0.5, 0.6) is 0 Å². The molecule has 1 amide bonds. The number of piperidine rings is 1. The molecule has 1 aromatic carbocycles. The van der Waals surface area contributed by atoms with Crippen LogP contribution in [0, 0.1) is 0 Å². The average molecular weight is 356 g/mol. The topological polar surface area (TPSA) is 81.2 Å². The minimum absolute atomic E-state index is 0.126. The van der Waals surface area contributed by atoms with Crippen LogP contribution in [0.2, 0.25) is 0 Å². The second kappa shape index (κ2) is 8.96. The zero-order chi connectivity index (χ0) is 18.4. The Morgan fingerprint density at radius 1 is 1.42 bits per heavy atom. The van der Waals surface area contributed by atoms with E-state index in [1.54, 1.807) is 18.3 Å². The van der Waals surface area contributed by atoms with Gasteiger partial charge in [-0.1, -0.05) is 31.5 Å². The van der Waals surface area contributed by atoms with Gasteiger partial charge in [0, 0.05) is 24.6 Å². The van der Waals surface area contributed by atoms with Crippen molar-refractivity contribution < 1.29 is 9.90 Å². The number of hydrogen-bond acceptors (Lipinski definition) is 4. The van der Waals surface area contributed by atoms with Crippen molar-refractivity contribution >= 4 is 11.6 Å². The van der Waals surface area contributed by atoms with Crippen LogP contribution in [0.15, 0.2) is 36.5 Å². The first-order valence-corrected chi connectivity index (χ1v) is 9.47. The van der Waals surface area contributed by atoms with E-state index in [4.69, 9.17) is 0 Å². The van der Waals surface area contributed by atoms with Crippen LogP contribution in [0.3, 0.4) is 0 Å². The van der Waals surface area contributed by atoms with Crippen molar-refractivity contribution in [2.24, 2.45) is 0 Å². The van der Waals surface area contributed by atoms with E-state index in [0.29, 0.717) is 12.1 Å². The van der Waals surface area contributed by atoms with E-state index in [1.807, 2.05) is 18.2 Å². The molecule has 6 nitrogen and oxygen atoms in total. The molecule has 3 rings (SSSR count). The molecular weight excluding hydrogens is 328 g/mol. The van der Waals surface area contributed by atoms with Gasteiger partial charge in [-0.3, -0.25) is 9.89 Å². The lowest BCUT2D eigenvalue weighted by atomic mass is 9.93. The maximum absolute atomic E-state index is 12.4. The standard InChI is InChI=1S/C20H28N4O2/c1-2-7-17(25)14-24-11-6-10-16(13-24)19-18(12-21-23-19)22-20(26)15-8-4-3-5-9-15/h3-5,8-9,12,16-17,25H,2,6-7,10-11,13-14H2,1H3,(H,21,23)(H,22,26). The van der Waals surface area contributed by atoms with Crippen molar-refractivity contribution in [2.75, 3.05) is 25.0 Å². The number of likely N-dealkylation sites (tertiary alicyclic amines) is 1. The predicted molar refractivity (Wildman–Crippen MR) is 102 cm³/mol. The number of carbonyl (C=O) groups excluding carboxylic acids is 1. The molecule has 0 saturated carbocycles. The summed E-state index contributed by atoms with van der Waals surface area (Å²) < 4.78 is 0. The fraction of sp³-hybridized carbons (Fsp3) is 0.500. The van der Waals surface area contributed by atoms with E-state index in [9.17, 15) is 9.90 Å². The number of amides is 1. The number of carbonyl (C=O) groups is 1. The van der Waals surface area contributed by atoms with Gasteiger partial charge in [0.05, 0.1) is 23.7 Å². The van der Waals surface area contributed by atoms with Gasteiger partial charge in [0.2, 0.25) is 0 Å². The van der Waals surface area contributed by atoms with Crippen LogP contribution in [-0.2, 0) is 0 Å². The molecule has 3 N–H and O–H groups in total. The summed E-state index contributed by atoms with van der Waals surface area (Å²) in [6, 6.07) is 9.19. The van der Waals surface area contributed by atoms with E-state index in [2.05, 4.69) is 27.3 Å². The first-order valence-electron chi connectivity index (χ1n) is 9.47. The van der Waals surface area contributed by atoms with Crippen LogP contribution in [0.1, 0.15) is 54.6 Å². The molecule has 2 unspecified atom stereocenters. The Hall–Kier alpha value is -2.18. The molecule has 1 fully saturated rings. The van der Waals surface area contributed by atoms with Gasteiger partial charge < -0.3 is 15.3 Å². The SMILES string of the molecule is CCCC(O)CN1CCCC(c2[nH]ncc2NC(=O)c2ccccc2)C1. The average Bonchev–Trinajstić information content (AvgIpc) is 3.11. The molecule has 2 heterocycles. The number of aliphatic hydroxyl groups excluding tert-OH is 1. The van der Waals surface area contributed by atoms with Crippen molar-refractivity contribution in [3.63, 3.8) is 0 Å². The summed E-state index contributed by atoms with van der Waals surface area (Å²) in [6.45, 7) is 4.69. The minimum atomic E-state index is -0.266. The van der Waals surface area contributed by atoms with E-state index >= 15 is 0 Å². The number of nitrogens with zero attached hydrogens (tertiary/aromatic N) is 2. The van der Waals surface area contributed by atoms with Gasteiger partial charge in [-0.2, -0.15) is 5.10 Å². The fourth-order valence-electron chi connectivity index (χ4n) is 3.67. The Balaban J connectivity index is 1.65. The third kappa shape index (κ3) is 4.71. The first kappa shape index (κ1) is 18.6. The van der Waals surface area contributed by atoms with Gasteiger partial charge in [-0.05, 0) is 37.9 Å². The number of hydrogen-bond donors (Lipinski definition) is 3. The molecule has 1 aliphatic heterocycles. The summed E-state index contributed by atoms with van der Waals surface area (Å²) in [5.74, 6) is 0.158. The van der Waals surface area contributed by atoms with Crippen molar-refractivity contribution in [1.82, 2.24) is 15.1 Å². The monoisotopic (exact) mass is 356 g/mol. The summed E-state index contributed by atoms with van der Waals surface area (Å²) in [4.78, 5) is 14.8. The molecule has 140 valence electrons. The van der Waals surface area contributed by atoms with Crippen LogP contribution < -0.4 is 5.32 Å². The van der Waals surface area contributed by atoms with Crippen LogP contribution in [-0.4, -0.2) is 51.8 Å². The van der Waals surface area contributed by atoms with Crippen LogP contribution in [0.25, 0.3) is 0 Å². The number of β-amino-alcohol motifs (C(OH)–C–C–N with tert-alkyl or cyclic N) is 1. The van der Waals surface area contributed by atoms with Crippen molar-refractivity contribution in [1.29, 1.82) is 0 Å². The first-order chi connectivity index (χ1) is 12.7. The Kier molecular flexibility index (Phi) is 6.41. The van der Waals surface area contributed by atoms with Gasteiger partial charge >= 0.3 is 0 Å². The number of aromatic nitrogens is 2. The molecule has 2 aromatic rings. The van der Waals surface area contributed by atoms with E-state index in [0.717, 1.165) is 50.2 Å². The summed E-state index contributed by atoms with van der Waals surface area (Å²) in [5.41, 5.74) is 2.36. The molecule has 1 aliphatic rings. The van der Waals surface area contributed by atoms with Gasteiger partial charge in [0.15, 0.2) is 0 Å². The van der Waals surface area contributed by atoms with Crippen LogP contribution >= 0.6 is 0 Å². The zero-order valence-electron chi connectivity index (χ0n) is 15.3. The Labute approximate surface area is 154 Å². The van der Waals surface area contributed by atoms with Crippen molar-refractivity contribution in [3.05, 3.63) is 47.8 Å². The molecule has 0 radical (unpaired) electrons. The number of aromatic amines is 1. The van der Waals surface area contributed by atoms with Gasteiger partial charge in [0.25, 0.3) is 5.91 Å². The number of anilines is 1. The van der Waals surface area contributed by atoms with E-state index < -0.39 is 0 Å². The second-order valence-electron chi connectivity index (χ2n) is 7.06. The lowest BCUT2D eigenvalue weighted by Gasteiger charge is -2.33. The number of H-pyrrole nitrogens is 1. The quantitative estimate of drug-likeness (QED) is 0.712. The third-order valence-corrected chi connectivity index (χ3v) is 4.96. The fourth-order valence-corrected chi connectivity index (χ4v) is 3.67. The number of benzene rings is 1. The highest BCUT2D eigenvalue weighted by molar-refractivity contribution is 6.04. The molecule has 0 aliphatic carbocycles. The van der Waals surface area contributed by atoms with Gasteiger partial charge in [-0.25, -0.2) is 0 Å². The van der Waals surface area contributed by atoms with E-state index in [1.165, 1.54) is 0 Å². The summed E-state index contributed by atoms with van der Waals surface area (Å²) in [6.07, 6.45) is 5.38. The number of rotatable bonds is 7. The smallest absolute Gasteiger partial charge is 0.255 e. The van der Waals surface area contributed by atoms with Crippen LogP contribution in [0.4, 0.5) is 5.69 Å². The normalized spacial score (nSPS) is 19.2. The van der Waals surface area contributed by atoms with Gasteiger partial charge in [-0.15, -0.1) is 0 Å². The van der Waals surface area contributed by atoms with Crippen molar-refractivity contribution in [3.8, 4) is 0 Å². The van der Waals surface area contributed by atoms with E-state index in [-0.39, 0.29) is 17.9 Å². The lowest BCUT2D eigenvalue weighted by molar-refractivity contribution is 0.0885. The second-order valence-corrected chi connectivity index (χ2v) is 7.06. The largest absolute Gasteiger partial charge is 0.392 e. The maximum atomic E-state index is 12.4. The highest BCUT2D eigenvalue weighted by atomic mass is 16.3. The minimum Gasteiger partial charge on any atom is -0.392 e. The Morgan fingerprint density at radius 3 is 3.00 bits per heavy atom. The summed E-state index contributed by atoms with van der Waals surface area (Å²) in [5, 5.41) is 20.3. The zero-order valence-corrected chi connectivity index (χ0v) is 15.3. The summed E-state index contributed by atoms with van der Waals surface area (Å²) >= 11 is 0. The molecular formula is C20H28N4O2. The third-order valence-electron chi connectivity index (χ3n) is 4.96.